The lowest BCUT2D eigenvalue weighted by Gasteiger charge is -2.39. The van der Waals surface area contributed by atoms with Crippen LogP contribution in [0.25, 0.3) is 0 Å². The molecular formula is C27H33F2NO4. The van der Waals surface area contributed by atoms with Crippen molar-refractivity contribution in [1.82, 2.24) is 4.98 Å². The van der Waals surface area contributed by atoms with Crippen LogP contribution in [-0.2, 0) is 10.2 Å². The van der Waals surface area contributed by atoms with Crippen LogP contribution in [0.5, 0.6) is 11.6 Å². The quantitative estimate of drug-likeness (QED) is 0.479. The first-order chi connectivity index (χ1) is 16.2. The predicted molar refractivity (Wildman–Crippen MR) is 125 cm³/mol. The van der Waals surface area contributed by atoms with Gasteiger partial charge in [-0.3, -0.25) is 0 Å². The number of halogens is 2. The van der Waals surface area contributed by atoms with Gasteiger partial charge in [0.15, 0.2) is 0 Å². The Hall–Kier alpha value is -2.70. The number of aromatic nitrogens is 1. The summed E-state index contributed by atoms with van der Waals surface area (Å²) in [7, 11) is 1.52. The minimum absolute atomic E-state index is 0.00339. The molecule has 0 amide bonds. The van der Waals surface area contributed by atoms with Crippen LogP contribution in [0, 0.1) is 17.7 Å². The van der Waals surface area contributed by atoms with Crippen molar-refractivity contribution in [2.24, 2.45) is 11.8 Å². The zero-order chi connectivity index (χ0) is 24.5. The van der Waals surface area contributed by atoms with Gasteiger partial charge in [-0.05, 0) is 86.5 Å². The number of ether oxygens (including phenoxy) is 2. The Kier molecular flexibility index (Phi) is 6.83. The molecule has 2 aliphatic carbocycles. The van der Waals surface area contributed by atoms with Crippen LogP contribution in [0.15, 0.2) is 36.5 Å². The molecule has 0 bridgehead atoms. The Balaban J connectivity index is 1.39. The van der Waals surface area contributed by atoms with Crippen LogP contribution in [0.3, 0.4) is 0 Å². The molecule has 2 aliphatic rings. The lowest BCUT2D eigenvalue weighted by atomic mass is 9.67. The zero-order valence-electron chi connectivity index (χ0n) is 20.0. The normalized spacial score (nSPS) is 24.0. The van der Waals surface area contributed by atoms with Gasteiger partial charge in [-0.2, -0.15) is 0 Å². The number of carbonyl (C=O) groups is 1. The fourth-order valence-electron chi connectivity index (χ4n) is 5.39. The van der Waals surface area contributed by atoms with Gasteiger partial charge in [0.2, 0.25) is 11.5 Å². The monoisotopic (exact) mass is 473 g/mol. The second-order valence-electron chi connectivity index (χ2n) is 10.1. The van der Waals surface area contributed by atoms with Crippen molar-refractivity contribution in [3.05, 3.63) is 53.5 Å². The molecule has 1 unspecified atom stereocenters. The fraction of sp³-hybridized carbons (Fsp3) is 0.556. The van der Waals surface area contributed by atoms with E-state index in [1.165, 1.54) is 20.2 Å². The molecule has 1 heterocycles. The molecule has 34 heavy (non-hydrogen) atoms. The topological polar surface area (TPSA) is 68.7 Å². The Labute approximate surface area is 199 Å². The highest BCUT2D eigenvalue weighted by Gasteiger charge is 2.59. The number of carboxylic acid groups (broad SMARTS) is 1. The largest absolute Gasteiger partial charge is 0.493 e. The van der Waals surface area contributed by atoms with Gasteiger partial charge >= 0.3 is 5.97 Å². The summed E-state index contributed by atoms with van der Waals surface area (Å²) in [6, 6.07) is 8.92. The van der Waals surface area contributed by atoms with E-state index < -0.39 is 17.1 Å². The number of carboxylic acids is 1. The van der Waals surface area contributed by atoms with Gasteiger partial charge in [-0.1, -0.05) is 19.1 Å². The predicted octanol–water partition coefficient (Wildman–Crippen LogP) is 6.06. The smallest absolute Gasteiger partial charge is 0.342 e. The molecule has 0 radical (unpaired) electrons. The second kappa shape index (κ2) is 9.51. The summed E-state index contributed by atoms with van der Waals surface area (Å²) < 4.78 is 40.9. The molecule has 1 aromatic carbocycles. The summed E-state index contributed by atoms with van der Waals surface area (Å²) in [6.45, 7) is 3.40. The molecule has 7 heteroatoms. The summed E-state index contributed by atoms with van der Waals surface area (Å²) in [5, 5.41) is 9.57. The molecule has 2 aromatic rings. The Morgan fingerprint density at radius 2 is 1.85 bits per heavy atom. The van der Waals surface area contributed by atoms with Crippen LogP contribution >= 0.6 is 0 Å². The number of benzene rings is 1. The highest BCUT2D eigenvalue weighted by atomic mass is 19.1. The van der Waals surface area contributed by atoms with E-state index in [9.17, 15) is 14.3 Å². The van der Waals surface area contributed by atoms with Crippen molar-refractivity contribution in [3.8, 4) is 11.6 Å². The molecule has 0 spiro atoms. The molecule has 1 N–H and O–H groups in total. The van der Waals surface area contributed by atoms with Crippen LogP contribution in [0.2, 0.25) is 0 Å². The Morgan fingerprint density at radius 1 is 1.15 bits per heavy atom. The first kappa shape index (κ1) is 24.4. The van der Waals surface area contributed by atoms with E-state index >= 15 is 4.39 Å². The van der Waals surface area contributed by atoms with E-state index in [0.29, 0.717) is 35.3 Å². The number of aliphatic carboxylic acids is 1. The molecule has 2 fully saturated rings. The minimum atomic E-state index is -2.38. The second-order valence-corrected chi connectivity index (χ2v) is 10.1. The number of alkyl halides is 1. The van der Waals surface area contributed by atoms with Gasteiger partial charge < -0.3 is 14.6 Å². The van der Waals surface area contributed by atoms with E-state index in [-0.39, 0.29) is 17.7 Å². The highest BCUT2D eigenvalue weighted by Crippen LogP contribution is 2.55. The van der Waals surface area contributed by atoms with Crippen LogP contribution < -0.4 is 9.47 Å². The average molecular weight is 474 g/mol. The van der Waals surface area contributed by atoms with Crippen molar-refractivity contribution in [2.45, 2.75) is 69.4 Å². The maximum Gasteiger partial charge on any atom is 0.342 e. The van der Waals surface area contributed by atoms with Crippen LogP contribution in [0.4, 0.5) is 8.78 Å². The van der Waals surface area contributed by atoms with E-state index in [1.807, 2.05) is 6.07 Å². The summed E-state index contributed by atoms with van der Waals surface area (Å²) in [4.78, 5) is 15.7. The van der Waals surface area contributed by atoms with Crippen molar-refractivity contribution >= 4 is 5.97 Å². The maximum absolute atomic E-state index is 15.4. The SMILES string of the molecule is COc1cc(C2CCC(COc3cccc(C(C)(C4CC4)[C@](C)(F)C(=O)O)c3)CC2)c(F)cn1. The highest BCUT2D eigenvalue weighted by molar-refractivity contribution is 5.80. The molecule has 1 aromatic heterocycles. The first-order valence-corrected chi connectivity index (χ1v) is 12.0. The third-order valence-electron chi connectivity index (χ3n) is 8.05. The third-order valence-corrected chi connectivity index (χ3v) is 8.05. The van der Waals surface area contributed by atoms with E-state index in [4.69, 9.17) is 9.47 Å². The summed E-state index contributed by atoms with van der Waals surface area (Å²) in [6.07, 6.45) is 6.40. The van der Waals surface area contributed by atoms with Crippen molar-refractivity contribution < 1.29 is 28.2 Å². The average Bonchev–Trinajstić information content (AvgIpc) is 3.69. The van der Waals surface area contributed by atoms with Crippen molar-refractivity contribution in [1.29, 1.82) is 0 Å². The first-order valence-electron chi connectivity index (χ1n) is 12.0. The third kappa shape index (κ3) is 4.62. The lowest BCUT2D eigenvalue weighted by Crippen LogP contribution is -2.51. The molecule has 184 valence electrons. The number of hydrogen-bond acceptors (Lipinski definition) is 4. The van der Waals surface area contributed by atoms with Gasteiger partial charge in [0.1, 0.15) is 11.6 Å². The molecule has 0 aliphatic heterocycles. The summed E-state index contributed by atoms with van der Waals surface area (Å²) in [5.74, 6) is -0.215. The fourth-order valence-corrected chi connectivity index (χ4v) is 5.39. The number of hydrogen-bond donors (Lipinski definition) is 1. The van der Waals surface area contributed by atoms with Gasteiger partial charge in [0.05, 0.1) is 19.9 Å². The van der Waals surface area contributed by atoms with Crippen molar-refractivity contribution in [3.63, 3.8) is 0 Å². The molecule has 2 saturated carbocycles. The Bertz CT molecular complexity index is 1030. The number of nitrogens with zero attached hydrogens (tertiary/aromatic N) is 1. The molecule has 4 rings (SSSR count). The zero-order valence-corrected chi connectivity index (χ0v) is 20.0. The lowest BCUT2D eigenvalue weighted by molar-refractivity contribution is -0.155. The molecular weight excluding hydrogens is 440 g/mol. The number of rotatable bonds is 9. The summed E-state index contributed by atoms with van der Waals surface area (Å²) in [5.41, 5.74) is -2.18. The Morgan fingerprint density at radius 3 is 2.47 bits per heavy atom. The maximum atomic E-state index is 15.4. The summed E-state index contributed by atoms with van der Waals surface area (Å²) >= 11 is 0. The van der Waals surface area contributed by atoms with Gasteiger partial charge in [0, 0.05) is 11.5 Å². The standard InChI is InChI=1S/C27H33F2NO4/c1-26(19-11-12-19,27(2,29)25(31)32)20-5-4-6-21(13-20)34-16-17-7-9-18(10-8-17)22-14-24(33-3)30-15-23(22)28/h4-6,13-15,17-19H,7-12,16H2,1-3H3,(H,31,32)/t17?,18?,26?,27-/m1/s1. The van der Waals surface area contributed by atoms with Crippen LogP contribution in [-0.4, -0.2) is 35.4 Å². The van der Waals surface area contributed by atoms with Gasteiger partial charge in [0.25, 0.3) is 0 Å². The molecule has 5 nitrogen and oxygen atoms in total. The van der Waals surface area contributed by atoms with E-state index in [1.54, 1.807) is 31.2 Å². The van der Waals surface area contributed by atoms with Gasteiger partial charge in [-0.15, -0.1) is 0 Å². The van der Waals surface area contributed by atoms with Crippen molar-refractivity contribution in [2.75, 3.05) is 13.7 Å². The number of methoxy groups -OCH3 is 1. The van der Waals surface area contributed by atoms with E-state index in [2.05, 4.69) is 4.98 Å². The van der Waals surface area contributed by atoms with E-state index in [0.717, 1.165) is 38.5 Å². The number of pyridine rings is 1. The minimum Gasteiger partial charge on any atom is -0.493 e. The molecule has 2 atom stereocenters. The molecule has 0 saturated heterocycles. The van der Waals surface area contributed by atoms with Gasteiger partial charge in [-0.25, -0.2) is 18.6 Å². The van der Waals surface area contributed by atoms with Crippen LogP contribution in [0.1, 0.15) is 69.4 Å².